The Morgan fingerprint density at radius 3 is 2.58 bits per heavy atom. The lowest BCUT2D eigenvalue weighted by atomic mass is 10.3. The van der Waals surface area contributed by atoms with Crippen molar-refractivity contribution in [1.29, 1.82) is 0 Å². The van der Waals surface area contributed by atoms with E-state index in [4.69, 9.17) is 4.74 Å². The first-order valence-electron chi connectivity index (χ1n) is 3.72. The topological polar surface area (TPSA) is 46.2 Å². The third-order valence-electron chi connectivity index (χ3n) is 1.61. The largest absolute Gasteiger partial charge is 0.491 e. The first-order valence-corrected chi connectivity index (χ1v) is 3.72. The molecular weight excluding hydrogens is 154 g/mol. The van der Waals surface area contributed by atoms with E-state index in [1.165, 1.54) is 0 Å². The number of nitrogens with one attached hydrogen (secondary N) is 2. The Morgan fingerprint density at radius 2 is 2.08 bits per heavy atom. The minimum Gasteiger partial charge on any atom is -0.491 e. The number of nitrogens with zero attached hydrogens (tertiary/aromatic N) is 1. The summed E-state index contributed by atoms with van der Waals surface area (Å²) in [4.78, 5) is 4.10. The first kappa shape index (κ1) is 8.64. The molecule has 1 rings (SSSR count). The summed E-state index contributed by atoms with van der Waals surface area (Å²) in [5.74, 6) is 1.48. The highest BCUT2D eigenvalue weighted by atomic mass is 16.5. The van der Waals surface area contributed by atoms with Gasteiger partial charge in [-0.15, -0.1) is 0 Å². The summed E-state index contributed by atoms with van der Waals surface area (Å²) >= 11 is 0. The number of pyridine rings is 1. The predicted molar refractivity (Wildman–Crippen MR) is 49.9 cm³/mol. The molecule has 2 N–H and O–H groups in total. The number of rotatable bonds is 3. The average molecular weight is 167 g/mol. The Balaban J connectivity index is 3.13. The molecule has 0 aliphatic rings. The van der Waals surface area contributed by atoms with Crippen LogP contribution in [0.1, 0.15) is 0 Å². The highest BCUT2D eigenvalue weighted by Gasteiger charge is 2.06. The van der Waals surface area contributed by atoms with Crippen LogP contribution in [0.15, 0.2) is 12.3 Å². The summed E-state index contributed by atoms with van der Waals surface area (Å²) in [7, 11) is 5.28. The molecule has 0 spiro atoms. The normalized spacial score (nSPS) is 9.25. The summed E-state index contributed by atoms with van der Waals surface area (Å²) in [5.41, 5.74) is 0.928. The highest BCUT2D eigenvalue weighted by molar-refractivity contribution is 5.66. The third kappa shape index (κ3) is 1.42. The van der Waals surface area contributed by atoms with Gasteiger partial charge in [0.2, 0.25) is 0 Å². The van der Waals surface area contributed by atoms with E-state index in [9.17, 15) is 0 Å². The van der Waals surface area contributed by atoms with Gasteiger partial charge in [0.15, 0.2) is 11.6 Å². The van der Waals surface area contributed by atoms with E-state index < -0.39 is 0 Å². The molecule has 1 aromatic heterocycles. The molecule has 0 saturated heterocycles. The van der Waals surface area contributed by atoms with Crippen LogP contribution in [0.25, 0.3) is 0 Å². The molecule has 0 saturated carbocycles. The Labute approximate surface area is 72.0 Å². The van der Waals surface area contributed by atoms with Gasteiger partial charge in [-0.3, -0.25) is 0 Å². The fourth-order valence-electron chi connectivity index (χ4n) is 1.03. The summed E-state index contributed by atoms with van der Waals surface area (Å²) in [6.45, 7) is 0. The molecule has 12 heavy (non-hydrogen) atoms. The standard InChI is InChI=1S/C8H13N3O/c1-9-6-4-5-11-8(10-2)7(6)12-3/h4-5H,1-3H3,(H2,9,10,11). The van der Waals surface area contributed by atoms with Crippen molar-refractivity contribution < 1.29 is 4.74 Å². The number of hydrogen-bond acceptors (Lipinski definition) is 4. The molecule has 4 nitrogen and oxygen atoms in total. The van der Waals surface area contributed by atoms with Crippen molar-refractivity contribution in [3.05, 3.63) is 12.3 Å². The maximum Gasteiger partial charge on any atom is 0.184 e. The summed E-state index contributed by atoms with van der Waals surface area (Å²) < 4.78 is 5.17. The van der Waals surface area contributed by atoms with Gasteiger partial charge in [-0.1, -0.05) is 0 Å². The van der Waals surface area contributed by atoms with Crippen molar-refractivity contribution in [2.75, 3.05) is 31.8 Å². The van der Waals surface area contributed by atoms with Gasteiger partial charge < -0.3 is 15.4 Å². The van der Waals surface area contributed by atoms with E-state index in [1.54, 1.807) is 13.3 Å². The molecule has 0 aliphatic carbocycles. The predicted octanol–water partition coefficient (Wildman–Crippen LogP) is 1.17. The van der Waals surface area contributed by atoms with Crippen molar-refractivity contribution in [2.45, 2.75) is 0 Å². The van der Waals surface area contributed by atoms with E-state index in [0.717, 1.165) is 17.3 Å². The van der Waals surface area contributed by atoms with Gasteiger partial charge >= 0.3 is 0 Å². The van der Waals surface area contributed by atoms with Gasteiger partial charge in [-0.05, 0) is 6.07 Å². The fraction of sp³-hybridized carbons (Fsp3) is 0.375. The van der Waals surface area contributed by atoms with Crippen LogP contribution in [0.5, 0.6) is 5.75 Å². The Bertz CT molecular complexity index is 240. The van der Waals surface area contributed by atoms with E-state index in [-0.39, 0.29) is 0 Å². The van der Waals surface area contributed by atoms with Gasteiger partial charge in [0.25, 0.3) is 0 Å². The monoisotopic (exact) mass is 167 g/mol. The van der Waals surface area contributed by atoms with E-state index >= 15 is 0 Å². The van der Waals surface area contributed by atoms with Crippen LogP contribution in [0.3, 0.4) is 0 Å². The second-order valence-electron chi connectivity index (χ2n) is 2.24. The first-order chi connectivity index (χ1) is 5.83. The lowest BCUT2D eigenvalue weighted by Crippen LogP contribution is -2.00. The molecule has 66 valence electrons. The zero-order chi connectivity index (χ0) is 8.97. The summed E-state index contributed by atoms with van der Waals surface area (Å²) in [6, 6.07) is 1.86. The average Bonchev–Trinajstić information content (AvgIpc) is 2.16. The third-order valence-corrected chi connectivity index (χ3v) is 1.61. The lowest BCUT2D eigenvalue weighted by molar-refractivity contribution is 0.417. The highest BCUT2D eigenvalue weighted by Crippen LogP contribution is 2.29. The van der Waals surface area contributed by atoms with Crippen LogP contribution in [0.4, 0.5) is 11.5 Å². The molecule has 1 aromatic rings. The molecule has 0 atom stereocenters. The van der Waals surface area contributed by atoms with Gasteiger partial charge in [-0.25, -0.2) is 4.98 Å². The van der Waals surface area contributed by atoms with Crippen molar-refractivity contribution >= 4 is 11.5 Å². The second kappa shape index (κ2) is 3.80. The molecule has 0 amide bonds. The molecule has 0 fully saturated rings. The van der Waals surface area contributed by atoms with Crippen molar-refractivity contribution in [3.63, 3.8) is 0 Å². The quantitative estimate of drug-likeness (QED) is 0.709. The molecule has 0 radical (unpaired) electrons. The minimum absolute atomic E-state index is 0.738. The Morgan fingerprint density at radius 1 is 1.33 bits per heavy atom. The SMILES string of the molecule is CNc1ccnc(NC)c1OC. The van der Waals surface area contributed by atoms with Crippen LogP contribution < -0.4 is 15.4 Å². The second-order valence-corrected chi connectivity index (χ2v) is 2.24. The van der Waals surface area contributed by atoms with Gasteiger partial charge in [0.1, 0.15) is 0 Å². The fourth-order valence-corrected chi connectivity index (χ4v) is 1.03. The maximum absolute atomic E-state index is 5.17. The molecule has 0 aliphatic heterocycles. The molecule has 0 unspecified atom stereocenters. The molecule has 1 heterocycles. The molecule has 0 bridgehead atoms. The van der Waals surface area contributed by atoms with Crippen LogP contribution >= 0.6 is 0 Å². The molecular formula is C8H13N3O. The van der Waals surface area contributed by atoms with Crippen molar-refractivity contribution in [3.8, 4) is 5.75 Å². The van der Waals surface area contributed by atoms with E-state index in [0.29, 0.717) is 0 Å². The zero-order valence-electron chi connectivity index (χ0n) is 7.51. The molecule has 0 aromatic carbocycles. The van der Waals surface area contributed by atoms with Crippen LogP contribution in [-0.4, -0.2) is 26.2 Å². The van der Waals surface area contributed by atoms with Crippen molar-refractivity contribution in [1.82, 2.24) is 4.98 Å². The van der Waals surface area contributed by atoms with Gasteiger partial charge in [0, 0.05) is 20.3 Å². The lowest BCUT2D eigenvalue weighted by Gasteiger charge is -2.10. The smallest absolute Gasteiger partial charge is 0.184 e. The summed E-state index contributed by atoms with van der Waals surface area (Å²) in [6.07, 6.45) is 1.72. The van der Waals surface area contributed by atoms with Crippen LogP contribution in [0, 0.1) is 0 Å². The van der Waals surface area contributed by atoms with Crippen LogP contribution in [0.2, 0.25) is 0 Å². The Kier molecular flexibility index (Phi) is 2.74. The van der Waals surface area contributed by atoms with Crippen molar-refractivity contribution in [2.24, 2.45) is 0 Å². The summed E-state index contributed by atoms with van der Waals surface area (Å²) in [5, 5.41) is 5.96. The zero-order valence-corrected chi connectivity index (χ0v) is 7.51. The number of anilines is 2. The van der Waals surface area contributed by atoms with Gasteiger partial charge in [0.05, 0.1) is 12.8 Å². The van der Waals surface area contributed by atoms with E-state index in [2.05, 4.69) is 15.6 Å². The number of ether oxygens (including phenoxy) is 1. The molecule has 4 heteroatoms. The van der Waals surface area contributed by atoms with Gasteiger partial charge in [-0.2, -0.15) is 0 Å². The Hall–Kier alpha value is -1.45. The number of aromatic nitrogens is 1. The maximum atomic E-state index is 5.17. The van der Waals surface area contributed by atoms with Crippen LogP contribution in [-0.2, 0) is 0 Å². The number of methoxy groups -OCH3 is 1. The van der Waals surface area contributed by atoms with E-state index in [1.807, 2.05) is 20.2 Å². The minimum atomic E-state index is 0.738. The number of hydrogen-bond donors (Lipinski definition) is 2.